The van der Waals surface area contributed by atoms with Gasteiger partial charge in [-0.3, -0.25) is 9.00 Å². The van der Waals surface area contributed by atoms with E-state index in [2.05, 4.69) is 0 Å². The van der Waals surface area contributed by atoms with Crippen LogP contribution in [0, 0.1) is 0 Å². The smallest absolute Gasteiger partial charge is 0.339 e. The van der Waals surface area contributed by atoms with E-state index < -0.39 is 16.4 Å². The van der Waals surface area contributed by atoms with Gasteiger partial charge in [-0.2, -0.15) is 0 Å². The molecule has 1 unspecified atom stereocenters. The van der Waals surface area contributed by atoms with Crippen LogP contribution >= 0.6 is 0 Å². The molecule has 1 saturated heterocycles. The van der Waals surface area contributed by atoms with E-state index in [0.29, 0.717) is 18.7 Å². The number of carbonyl (C=O) groups is 2. The molecule has 19 heavy (non-hydrogen) atoms. The molecule has 1 aromatic carbocycles. The standard InChI is InChI=1S/C13H13NO4S/c1-19(17)6-11(15)14-7-13(8-14)10-5-3-2-4-9(10)12(16)18-13/h2-5H,6-8H2,1H3. The van der Waals surface area contributed by atoms with Gasteiger partial charge in [-0.1, -0.05) is 18.2 Å². The van der Waals surface area contributed by atoms with Gasteiger partial charge in [-0.05, 0) is 6.07 Å². The monoisotopic (exact) mass is 279 g/mol. The van der Waals surface area contributed by atoms with Crippen molar-refractivity contribution in [3.63, 3.8) is 0 Å². The fraction of sp³-hybridized carbons (Fsp3) is 0.385. The Morgan fingerprint density at radius 1 is 1.42 bits per heavy atom. The van der Waals surface area contributed by atoms with Crippen LogP contribution in [0.25, 0.3) is 0 Å². The van der Waals surface area contributed by atoms with E-state index >= 15 is 0 Å². The van der Waals surface area contributed by atoms with Crippen molar-refractivity contribution in [2.24, 2.45) is 0 Å². The zero-order valence-electron chi connectivity index (χ0n) is 10.4. The first-order chi connectivity index (χ1) is 9.02. The number of ether oxygens (including phenoxy) is 1. The molecule has 1 spiro atoms. The highest BCUT2D eigenvalue weighted by Crippen LogP contribution is 2.43. The summed E-state index contributed by atoms with van der Waals surface area (Å²) >= 11 is 0. The second kappa shape index (κ2) is 4.16. The summed E-state index contributed by atoms with van der Waals surface area (Å²) in [7, 11) is -1.15. The average molecular weight is 279 g/mol. The molecule has 100 valence electrons. The molecule has 0 saturated carbocycles. The number of esters is 1. The van der Waals surface area contributed by atoms with Gasteiger partial charge in [0.05, 0.1) is 18.7 Å². The number of hydrogen-bond acceptors (Lipinski definition) is 4. The summed E-state index contributed by atoms with van der Waals surface area (Å²) in [6, 6.07) is 7.24. The van der Waals surface area contributed by atoms with Crippen molar-refractivity contribution in [3.05, 3.63) is 35.4 Å². The Morgan fingerprint density at radius 2 is 2.11 bits per heavy atom. The van der Waals surface area contributed by atoms with Gasteiger partial charge in [0.15, 0.2) is 5.60 Å². The van der Waals surface area contributed by atoms with Crippen molar-refractivity contribution in [2.75, 3.05) is 25.1 Å². The van der Waals surface area contributed by atoms with Crippen molar-refractivity contribution >= 4 is 22.7 Å². The zero-order valence-corrected chi connectivity index (χ0v) is 11.2. The number of hydrogen-bond donors (Lipinski definition) is 0. The molecule has 1 aromatic rings. The third kappa shape index (κ3) is 1.87. The van der Waals surface area contributed by atoms with Crippen molar-refractivity contribution in [1.82, 2.24) is 4.90 Å². The fourth-order valence-corrected chi connectivity index (χ4v) is 3.12. The third-order valence-electron chi connectivity index (χ3n) is 3.50. The molecule has 1 fully saturated rings. The molecule has 5 nitrogen and oxygen atoms in total. The van der Waals surface area contributed by atoms with Crippen molar-refractivity contribution < 1.29 is 18.5 Å². The van der Waals surface area contributed by atoms with E-state index in [4.69, 9.17) is 4.74 Å². The Balaban J connectivity index is 1.78. The lowest BCUT2D eigenvalue weighted by Crippen LogP contribution is -2.62. The SMILES string of the molecule is CS(=O)CC(=O)N1CC2(C1)OC(=O)c1ccccc12. The van der Waals surface area contributed by atoms with Crippen LogP contribution < -0.4 is 0 Å². The van der Waals surface area contributed by atoms with E-state index in [-0.39, 0.29) is 17.6 Å². The van der Waals surface area contributed by atoms with Crippen LogP contribution in [0.4, 0.5) is 0 Å². The van der Waals surface area contributed by atoms with E-state index in [0.717, 1.165) is 5.56 Å². The van der Waals surface area contributed by atoms with Gasteiger partial charge in [0, 0.05) is 22.6 Å². The predicted molar refractivity (Wildman–Crippen MR) is 69.0 cm³/mol. The van der Waals surface area contributed by atoms with Crippen LogP contribution in [0.5, 0.6) is 0 Å². The summed E-state index contributed by atoms with van der Waals surface area (Å²) in [5.41, 5.74) is 0.744. The van der Waals surface area contributed by atoms with Crippen LogP contribution in [-0.2, 0) is 25.9 Å². The van der Waals surface area contributed by atoms with Gasteiger partial charge in [-0.25, -0.2) is 4.79 Å². The Labute approximate surface area is 113 Å². The van der Waals surface area contributed by atoms with Gasteiger partial charge >= 0.3 is 5.97 Å². The largest absolute Gasteiger partial charge is 0.447 e. The Morgan fingerprint density at radius 3 is 2.79 bits per heavy atom. The molecule has 1 amide bonds. The first-order valence-electron chi connectivity index (χ1n) is 5.92. The molecular formula is C13H13NO4S. The third-order valence-corrected chi connectivity index (χ3v) is 4.15. The van der Waals surface area contributed by atoms with Crippen molar-refractivity contribution in [3.8, 4) is 0 Å². The fourth-order valence-electron chi connectivity index (χ4n) is 2.59. The minimum Gasteiger partial charge on any atom is -0.447 e. The molecule has 3 rings (SSSR count). The number of fused-ring (bicyclic) bond motifs is 2. The van der Waals surface area contributed by atoms with Gasteiger partial charge < -0.3 is 9.64 Å². The molecule has 1 atom stereocenters. The molecule has 2 heterocycles. The van der Waals surface area contributed by atoms with Crippen LogP contribution in [0.1, 0.15) is 15.9 Å². The maximum absolute atomic E-state index is 11.8. The lowest BCUT2D eigenvalue weighted by molar-refractivity contribution is -0.153. The van der Waals surface area contributed by atoms with Crippen LogP contribution in [0.2, 0.25) is 0 Å². The van der Waals surface area contributed by atoms with Gasteiger partial charge in [-0.15, -0.1) is 0 Å². The normalized spacial score (nSPS) is 20.7. The maximum Gasteiger partial charge on any atom is 0.339 e. The van der Waals surface area contributed by atoms with Crippen molar-refractivity contribution in [2.45, 2.75) is 5.60 Å². The number of rotatable bonds is 2. The lowest BCUT2D eigenvalue weighted by atomic mass is 9.85. The van der Waals surface area contributed by atoms with E-state index in [1.165, 1.54) is 6.26 Å². The topological polar surface area (TPSA) is 63.7 Å². The number of nitrogens with zero attached hydrogens (tertiary/aromatic N) is 1. The molecule has 2 aliphatic heterocycles. The number of amides is 1. The number of carbonyl (C=O) groups excluding carboxylic acids is 2. The molecule has 0 aromatic heterocycles. The van der Waals surface area contributed by atoms with Crippen LogP contribution in [-0.4, -0.2) is 46.1 Å². The summed E-state index contributed by atoms with van der Waals surface area (Å²) in [5.74, 6) is -0.472. The molecule has 2 aliphatic rings. The van der Waals surface area contributed by atoms with Gasteiger partial charge in [0.1, 0.15) is 5.75 Å². The summed E-state index contributed by atoms with van der Waals surface area (Å²) in [5, 5.41) is 0. The molecular weight excluding hydrogens is 266 g/mol. The van der Waals surface area contributed by atoms with E-state index in [1.54, 1.807) is 17.0 Å². The van der Waals surface area contributed by atoms with Gasteiger partial charge in [0.2, 0.25) is 5.91 Å². The minimum absolute atomic E-state index is 0.0195. The second-order valence-corrected chi connectivity index (χ2v) is 6.33. The molecule has 0 N–H and O–H groups in total. The summed E-state index contributed by atoms with van der Waals surface area (Å²) in [6.07, 6.45) is 1.50. The Kier molecular flexibility index (Phi) is 2.70. The zero-order chi connectivity index (χ0) is 13.6. The lowest BCUT2D eigenvalue weighted by Gasteiger charge is -2.46. The quantitative estimate of drug-likeness (QED) is 0.729. The summed E-state index contributed by atoms with van der Waals surface area (Å²) in [4.78, 5) is 25.1. The summed E-state index contributed by atoms with van der Waals surface area (Å²) < 4.78 is 16.5. The second-order valence-electron chi connectivity index (χ2n) is 4.90. The highest BCUT2D eigenvalue weighted by atomic mass is 32.2. The minimum atomic E-state index is -1.15. The highest BCUT2D eigenvalue weighted by molar-refractivity contribution is 7.85. The predicted octanol–water partition coefficient (Wildman–Crippen LogP) is 0.273. The highest BCUT2D eigenvalue weighted by Gasteiger charge is 2.55. The van der Waals surface area contributed by atoms with Crippen LogP contribution in [0.15, 0.2) is 24.3 Å². The van der Waals surface area contributed by atoms with Crippen LogP contribution in [0.3, 0.4) is 0 Å². The molecule has 6 heteroatoms. The van der Waals surface area contributed by atoms with Gasteiger partial charge in [0.25, 0.3) is 0 Å². The molecule has 0 bridgehead atoms. The summed E-state index contributed by atoms with van der Waals surface area (Å²) in [6.45, 7) is 0.706. The van der Waals surface area contributed by atoms with E-state index in [9.17, 15) is 13.8 Å². The maximum atomic E-state index is 11.8. The number of likely N-dealkylation sites (tertiary alicyclic amines) is 1. The average Bonchev–Trinajstić information content (AvgIpc) is 2.61. The number of benzene rings is 1. The first kappa shape index (κ1) is 12.3. The Hall–Kier alpha value is -1.69. The first-order valence-corrected chi connectivity index (χ1v) is 7.65. The Bertz CT molecular complexity index is 592. The molecule has 0 radical (unpaired) electrons. The molecule has 0 aliphatic carbocycles. The van der Waals surface area contributed by atoms with E-state index in [1.807, 2.05) is 12.1 Å². The van der Waals surface area contributed by atoms with Crippen molar-refractivity contribution in [1.29, 1.82) is 0 Å².